The molecule has 0 unspecified atom stereocenters. The van der Waals surface area contributed by atoms with Crippen molar-refractivity contribution in [1.82, 2.24) is 4.90 Å². The minimum atomic E-state index is -5.44. The number of rotatable bonds is 1. The highest BCUT2D eigenvalue weighted by atomic mass is 35.5. The Morgan fingerprint density at radius 2 is 1.45 bits per heavy atom. The van der Waals surface area contributed by atoms with Crippen LogP contribution in [0.5, 0.6) is 0 Å². The van der Waals surface area contributed by atoms with Gasteiger partial charge in [-0.3, -0.25) is 4.79 Å². The summed E-state index contributed by atoms with van der Waals surface area (Å²) in [5.41, 5.74) is 0.434. The van der Waals surface area contributed by atoms with Crippen LogP contribution < -0.4 is 5.73 Å². The first-order chi connectivity index (χ1) is 8.43. The molecular weight excluding hydrogens is 314 g/mol. The van der Waals surface area contributed by atoms with Crippen LogP contribution in [0.1, 0.15) is 19.3 Å². The van der Waals surface area contributed by atoms with Crippen LogP contribution in [-0.4, -0.2) is 41.8 Å². The molecule has 0 bridgehead atoms. The first-order valence-corrected chi connectivity index (χ1v) is 5.65. The molecule has 1 heterocycles. The third-order valence-electron chi connectivity index (χ3n) is 3.86. The fourth-order valence-corrected chi connectivity index (χ4v) is 2.27. The number of hydrogen-bond donors (Lipinski definition) is 1. The Bertz CT molecular complexity index is 390. The molecule has 0 aromatic rings. The molecular formula is C10H13ClF6N2O. The van der Waals surface area contributed by atoms with E-state index >= 15 is 0 Å². The number of alkyl halides is 6. The van der Waals surface area contributed by atoms with Gasteiger partial charge in [-0.2, -0.15) is 26.3 Å². The van der Waals surface area contributed by atoms with Gasteiger partial charge in [0.15, 0.2) is 5.41 Å². The van der Waals surface area contributed by atoms with E-state index < -0.39 is 48.7 Å². The highest BCUT2D eigenvalue weighted by molar-refractivity contribution is 5.89. The highest BCUT2D eigenvalue weighted by Crippen LogP contribution is 2.56. The topological polar surface area (TPSA) is 46.3 Å². The Hall–Kier alpha value is -0.700. The number of amides is 1. The summed E-state index contributed by atoms with van der Waals surface area (Å²) in [6.45, 7) is -1.96. The van der Waals surface area contributed by atoms with Crippen LogP contribution in [0.3, 0.4) is 0 Å². The summed E-state index contributed by atoms with van der Waals surface area (Å²) in [5.74, 6) is -0.817. The largest absolute Gasteiger partial charge is 0.404 e. The Labute approximate surface area is 116 Å². The van der Waals surface area contributed by atoms with E-state index in [1.807, 2.05) is 0 Å². The average Bonchev–Trinajstić information content (AvgIpc) is 2.79. The van der Waals surface area contributed by atoms with E-state index in [2.05, 4.69) is 0 Å². The van der Waals surface area contributed by atoms with Gasteiger partial charge in [-0.05, 0) is 19.3 Å². The molecule has 10 heteroatoms. The lowest BCUT2D eigenvalue weighted by Gasteiger charge is -2.33. The summed E-state index contributed by atoms with van der Waals surface area (Å²) >= 11 is 0. The maximum Gasteiger partial charge on any atom is 0.404 e. The number of nitrogens with two attached hydrogens (primary N) is 1. The Morgan fingerprint density at radius 1 is 1.00 bits per heavy atom. The van der Waals surface area contributed by atoms with Gasteiger partial charge in [-0.15, -0.1) is 12.4 Å². The number of likely N-dealkylation sites (tertiary alicyclic amines) is 1. The van der Waals surface area contributed by atoms with Crippen molar-refractivity contribution < 1.29 is 31.1 Å². The molecule has 2 N–H and O–H groups in total. The lowest BCUT2D eigenvalue weighted by atomic mass is 9.85. The van der Waals surface area contributed by atoms with Gasteiger partial charge < -0.3 is 10.6 Å². The molecule has 0 atom stereocenters. The SMILES string of the molecule is Cl.NC1(C(=O)N2CCC(C(F)(F)F)(C(F)(F)F)C2)CC1. The van der Waals surface area contributed by atoms with Gasteiger partial charge in [0.05, 0.1) is 5.54 Å². The van der Waals surface area contributed by atoms with E-state index in [1.54, 1.807) is 0 Å². The molecule has 2 aliphatic rings. The first-order valence-electron chi connectivity index (χ1n) is 5.65. The molecule has 3 nitrogen and oxygen atoms in total. The van der Waals surface area contributed by atoms with Crippen molar-refractivity contribution in [3.05, 3.63) is 0 Å². The monoisotopic (exact) mass is 326 g/mol. The molecule has 0 aromatic carbocycles. The molecule has 1 saturated heterocycles. The van der Waals surface area contributed by atoms with Crippen molar-refractivity contribution in [2.45, 2.75) is 37.2 Å². The number of hydrogen-bond acceptors (Lipinski definition) is 2. The standard InChI is InChI=1S/C10H12F6N2O.ClH/c11-9(12,13)8(10(14,15)16)3-4-18(5-8)6(19)7(17)1-2-7;/h1-5,17H2;1H. The van der Waals surface area contributed by atoms with Gasteiger partial charge in [-0.25, -0.2) is 0 Å². The zero-order chi connectivity index (χ0) is 14.7. The van der Waals surface area contributed by atoms with E-state index in [0.717, 1.165) is 0 Å². The van der Waals surface area contributed by atoms with Crippen molar-refractivity contribution in [3.8, 4) is 0 Å². The van der Waals surface area contributed by atoms with Crippen LogP contribution in [0.2, 0.25) is 0 Å². The summed E-state index contributed by atoms with van der Waals surface area (Å²) in [5, 5.41) is 0. The van der Waals surface area contributed by atoms with Gasteiger partial charge in [0, 0.05) is 13.1 Å². The first kappa shape index (κ1) is 17.4. The average molecular weight is 327 g/mol. The fraction of sp³-hybridized carbons (Fsp3) is 0.900. The highest BCUT2D eigenvalue weighted by Gasteiger charge is 2.73. The summed E-state index contributed by atoms with van der Waals surface area (Å²) in [6, 6.07) is 0. The minimum Gasteiger partial charge on any atom is -0.340 e. The van der Waals surface area contributed by atoms with Gasteiger partial charge in [0.2, 0.25) is 5.91 Å². The van der Waals surface area contributed by atoms with Gasteiger partial charge >= 0.3 is 12.4 Å². The van der Waals surface area contributed by atoms with Crippen LogP contribution in [-0.2, 0) is 4.79 Å². The van der Waals surface area contributed by atoms with Crippen LogP contribution in [0, 0.1) is 5.41 Å². The number of nitrogens with zero attached hydrogens (tertiary/aromatic N) is 1. The van der Waals surface area contributed by atoms with Gasteiger partial charge in [0.25, 0.3) is 0 Å². The lowest BCUT2D eigenvalue weighted by molar-refractivity contribution is -0.334. The minimum absolute atomic E-state index is 0. The normalized spacial score (nSPS) is 24.2. The van der Waals surface area contributed by atoms with E-state index in [1.165, 1.54) is 0 Å². The molecule has 0 radical (unpaired) electrons. The van der Waals surface area contributed by atoms with E-state index in [0.29, 0.717) is 17.7 Å². The number of halogens is 7. The molecule has 2 rings (SSSR count). The van der Waals surface area contributed by atoms with Gasteiger partial charge in [-0.1, -0.05) is 0 Å². The lowest BCUT2D eigenvalue weighted by Crippen LogP contribution is -2.53. The summed E-state index contributed by atoms with van der Waals surface area (Å²) in [7, 11) is 0. The third-order valence-corrected chi connectivity index (χ3v) is 3.86. The van der Waals surface area contributed by atoms with Crippen molar-refractivity contribution in [1.29, 1.82) is 0 Å². The van der Waals surface area contributed by atoms with Crippen LogP contribution in [0.25, 0.3) is 0 Å². The second-order valence-corrected chi connectivity index (χ2v) is 5.21. The Kier molecular flexibility index (Phi) is 4.04. The molecule has 20 heavy (non-hydrogen) atoms. The van der Waals surface area contributed by atoms with Crippen LogP contribution in [0.15, 0.2) is 0 Å². The Balaban J connectivity index is 0.00000200. The number of carbonyl (C=O) groups is 1. The molecule has 0 spiro atoms. The van der Waals surface area contributed by atoms with Crippen LogP contribution >= 0.6 is 12.4 Å². The molecule has 2 fully saturated rings. The second kappa shape index (κ2) is 4.66. The smallest absolute Gasteiger partial charge is 0.340 e. The summed E-state index contributed by atoms with van der Waals surface area (Å²) in [4.78, 5) is 12.3. The van der Waals surface area contributed by atoms with Gasteiger partial charge in [0.1, 0.15) is 0 Å². The molecule has 1 amide bonds. The van der Waals surface area contributed by atoms with Crippen molar-refractivity contribution >= 4 is 18.3 Å². The van der Waals surface area contributed by atoms with E-state index in [4.69, 9.17) is 5.73 Å². The van der Waals surface area contributed by atoms with E-state index in [-0.39, 0.29) is 12.4 Å². The van der Waals surface area contributed by atoms with Crippen molar-refractivity contribution in [2.24, 2.45) is 11.1 Å². The quantitative estimate of drug-likeness (QED) is 0.751. The third kappa shape index (κ3) is 2.45. The maximum absolute atomic E-state index is 12.8. The van der Waals surface area contributed by atoms with Crippen molar-refractivity contribution in [3.63, 3.8) is 0 Å². The predicted molar refractivity (Wildman–Crippen MR) is 59.1 cm³/mol. The summed E-state index contributed by atoms with van der Waals surface area (Å²) < 4.78 is 76.6. The molecule has 1 aliphatic heterocycles. The number of carbonyl (C=O) groups excluding carboxylic acids is 1. The molecule has 0 aromatic heterocycles. The molecule has 1 aliphatic carbocycles. The summed E-state index contributed by atoms with van der Waals surface area (Å²) in [6.07, 6.45) is -11.4. The van der Waals surface area contributed by atoms with E-state index in [9.17, 15) is 31.1 Å². The second-order valence-electron chi connectivity index (χ2n) is 5.21. The van der Waals surface area contributed by atoms with Crippen LogP contribution in [0.4, 0.5) is 26.3 Å². The predicted octanol–water partition coefficient (Wildman–Crippen LogP) is 2.24. The zero-order valence-electron chi connectivity index (χ0n) is 10.1. The maximum atomic E-state index is 12.8. The zero-order valence-corrected chi connectivity index (χ0v) is 11.0. The Morgan fingerprint density at radius 3 is 1.75 bits per heavy atom. The molecule has 118 valence electrons. The van der Waals surface area contributed by atoms with Crippen molar-refractivity contribution in [2.75, 3.05) is 13.1 Å². The fourth-order valence-electron chi connectivity index (χ4n) is 2.27. The molecule has 1 saturated carbocycles.